The van der Waals surface area contributed by atoms with Gasteiger partial charge >= 0.3 is 29.6 Å². The molecule has 0 aromatic heterocycles. The molecule has 1 aromatic rings. The Bertz CT molecular complexity index is 235. The molecule has 0 aliphatic carbocycles. The molecule has 0 saturated carbocycles. The first-order valence-electron chi connectivity index (χ1n) is 2.67. The van der Waals surface area contributed by atoms with Crippen molar-refractivity contribution < 1.29 is 0 Å². The van der Waals surface area contributed by atoms with E-state index in [0.717, 1.165) is 0 Å². The van der Waals surface area contributed by atoms with E-state index in [2.05, 4.69) is 12.6 Å². The molecule has 0 atom stereocenters. The molecule has 1 rings (SSSR count). The Labute approximate surface area is 129 Å². The summed E-state index contributed by atoms with van der Waals surface area (Å²) in [6.45, 7) is 0. The zero-order valence-electron chi connectivity index (χ0n) is 5.34. The van der Waals surface area contributed by atoms with Crippen LogP contribution in [-0.4, -0.2) is 29.6 Å². The van der Waals surface area contributed by atoms with Gasteiger partial charge in [0.05, 0.1) is 25.1 Å². The molecule has 0 fully saturated rings. The maximum absolute atomic E-state index is 5.72. The number of thiol groups is 1. The molecular weight excluding hydrogens is 304 g/mol. The predicted octanol–water partition coefficient (Wildman–Crippen LogP) is 4.59. The zero-order valence-corrected chi connectivity index (χ0v) is 10.0. The summed E-state index contributed by atoms with van der Waals surface area (Å²) in [5, 5.41) is 0.889. The number of hydrogen-bond acceptors (Lipinski definition) is 1. The summed E-state index contributed by atoms with van der Waals surface area (Å²) in [6.07, 6.45) is 0. The second-order valence-electron chi connectivity index (χ2n) is 1.92. The molecule has 0 aliphatic rings. The van der Waals surface area contributed by atoms with Crippen molar-refractivity contribution in [1.29, 1.82) is 0 Å². The first kappa shape index (κ1) is 15.0. The van der Waals surface area contributed by atoms with Gasteiger partial charge in [0.25, 0.3) is 0 Å². The van der Waals surface area contributed by atoms with Gasteiger partial charge in [-0.25, -0.2) is 0 Å². The van der Waals surface area contributed by atoms with Crippen molar-refractivity contribution in [3.05, 3.63) is 25.1 Å². The average molecular weight is 306 g/mol. The van der Waals surface area contributed by atoms with Crippen molar-refractivity contribution in [3.63, 3.8) is 0 Å². The summed E-state index contributed by atoms with van der Waals surface area (Å²) in [7, 11) is 0. The maximum atomic E-state index is 5.72. The van der Waals surface area contributed by atoms with Crippen LogP contribution in [0, 0.1) is 0 Å². The first-order chi connectivity index (χ1) is 5.46. The first-order valence-corrected chi connectivity index (χ1v) is 5.01. The van der Waals surface area contributed by atoms with Crippen LogP contribution in [0.25, 0.3) is 0 Å². The Morgan fingerprint density at radius 3 is 1.15 bits per heavy atom. The van der Waals surface area contributed by atoms with E-state index in [1.165, 1.54) is 0 Å². The van der Waals surface area contributed by atoms with Crippen LogP contribution in [-0.2, 0) is 0 Å². The summed E-state index contributed by atoms with van der Waals surface area (Å²) >= 11 is 32.6. The normalized spacial score (nSPS) is 9.69. The second kappa shape index (κ2) is 5.93. The van der Waals surface area contributed by atoms with Gasteiger partial charge in [0.1, 0.15) is 0 Å². The summed E-state index contributed by atoms with van der Waals surface area (Å²) in [5.41, 5.74) is 0. The molecule has 7 heteroatoms. The van der Waals surface area contributed by atoms with Crippen LogP contribution < -0.4 is 0 Å². The van der Waals surface area contributed by atoms with E-state index >= 15 is 0 Å². The van der Waals surface area contributed by atoms with Crippen molar-refractivity contribution in [2.24, 2.45) is 0 Å². The van der Waals surface area contributed by atoms with Crippen molar-refractivity contribution in [2.45, 2.75) is 4.90 Å². The molecule has 13 heavy (non-hydrogen) atoms. The fraction of sp³-hybridized carbons (Fsp3) is 0. The van der Waals surface area contributed by atoms with Crippen molar-refractivity contribution >= 4 is 100 Å². The van der Waals surface area contributed by atoms with Gasteiger partial charge in [-0.15, -0.1) is 12.6 Å². The third-order valence-electron chi connectivity index (χ3n) is 1.19. The number of rotatable bonds is 0. The van der Waals surface area contributed by atoms with E-state index in [4.69, 9.17) is 58.0 Å². The quantitative estimate of drug-likeness (QED) is 0.308. The molecule has 0 amide bonds. The van der Waals surface area contributed by atoms with Crippen LogP contribution in [0.15, 0.2) is 4.90 Å². The Morgan fingerprint density at radius 2 is 0.846 bits per heavy atom. The van der Waals surface area contributed by atoms with Gasteiger partial charge in [0, 0.05) is 4.90 Å². The topological polar surface area (TPSA) is 0 Å². The zero-order chi connectivity index (χ0) is 9.46. The molecule has 0 heterocycles. The van der Waals surface area contributed by atoms with Gasteiger partial charge in [-0.05, 0) is 0 Å². The van der Waals surface area contributed by atoms with E-state index in [1.54, 1.807) is 0 Å². The van der Waals surface area contributed by atoms with E-state index in [9.17, 15) is 0 Å². The number of benzene rings is 1. The molecule has 0 bridgehead atoms. The Morgan fingerprint density at radius 1 is 0.615 bits per heavy atom. The van der Waals surface area contributed by atoms with Gasteiger partial charge < -0.3 is 0 Å². The fourth-order valence-corrected chi connectivity index (χ4v) is 2.09. The molecule has 1 aromatic carbocycles. The molecule has 0 saturated heterocycles. The van der Waals surface area contributed by atoms with Crippen LogP contribution in [0.2, 0.25) is 25.1 Å². The minimum absolute atomic E-state index is 0. The van der Waals surface area contributed by atoms with Crippen LogP contribution in [0.5, 0.6) is 0 Å². The number of halogens is 5. The predicted molar refractivity (Wildman–Crippen MR) is 65.9 cm³/mol. The van der Waals surface area contributed by atoms with Crippen molar-refractivity contribution in [2.75, 3.05) is 0 Å². The summed E-state index contributed by atoms with van der Waals surface area (Å²) in [5.74, 6) is 0. The van der Waals surface area contributed by atoms with Crippen molar-refractivity contribution in [3.8, 4) is 0 Å². The summed E-state index contributed by atoms with van der Waals surface area (Å²) in [4.78, 5) is 0.331. The summed E-state index contributed by atoms with van der Waals surface area (Å²) in [6, 6.07) is 0. The van der Waals surface area contributed by atoms with Crippen LogP contribution in [0.3, 0.4) is 0 Å². The summed E-state index contributed by atoms with van der Waals surface area (Å²) < 4.78 is 0. The van der Waals surface area contributed by atoms with E-state index in [0.29, 0.717) is 4.90 Å². The molecular formula is C6H2Cl5NaS. The Kier molecular flexibility index (Phi) is 6.85. The van der Waals surface area contributed by atoms with Gasteiger partial charge in [-0.2, -0.15) is 0 Å². The molecule has 0 radical (unpaired) electrons. The second-order valence-corrected chi connectivity index (χ2v) is 4.26. The minimum atomic E-state index is 0. The third kappa shape index (κ3) is 2.99. The molecule has 0 N–H and O–H groups in total. The molecule has 0 nitrogen and oxygen atoms in total. The van der Waals surface area contributed by atoms with E-state index in [-0.39, 0.29) is 54.7 Å². The standard InChI is InChI=1S/C6HCl5S.Na.H/c7-1-2(8)4(10)6(12)5(11)3(1)9;;/h12H;;. The van der Waals surface area contributed by atoms with Gasteiger partial charge in [-0.3, -0.25) is 0 Å². The molecule has 0 spiro atoms. The third-order valence-corrected chi connectivity index (χ3v) is 4.17. The number of hydrogen-bond donors (Lipinski definition) is 1. The average Bonchev–Trinajstić information content (AvgIpc) is 2.08. The SMILES string of the molecule is Sc1c(Cl)c(Cl)c(Cl)c(Cl)c1Cl.[NaH]. The van der Waals surface area contributed by atoms with E-state index < -0.39 is 0 Å². The Hall–Kier alpha value is 2.02. The van der Waals surface area contributed by atoms with Gasteiger partial charge in [0.2, 0.25) is 0 Å². The molecule has 68 valence electrons. The monoisotopic (exact) mass is 304 g/mol. The van der Waals surface area contributed by atoms with E-state index in [1.807, 2.05) is 0 Å². The van der Waals surface area contributed by atoms with Crippen molar-refractivity contribution in [1.82, 2.24) is 0 Å². The Balaban J connectivity index is 0.00000144. The van der Waals surface area contributed by atoms with Crippen LogP contribution in [0.4, 0.5) is 0 Å². The van der Waals surface area contributed by atoms with Gasteiger partial charge in [-0.1, -0.05) is 58.0 Å². The molecule has 0 aliphatic heterocycles. The fourth-order valence-electron chi connectivity index (χ4n) is 0.593. The van der Waals surface area contributed by atoms with Gasteiger partial charge in [0.15, 0.2) is 0 Å². The van der Waals surface area contributed by atoms with Crippen LogP contribution in [0.1, 0.15) is 0 Å². The van der Waals surface area contributed by atoms with Crippen LogP contribution >= 0.6 is 70.6 Å². The molecule has 0 unspecified atom stereocenters.